The number of benzene rings is 1. The van der Waals surface area contributed by atoms with E-state index < -0.39 is 6.67 Å². The van der Waals surface area contributed by atoms with Gasteiger partial charge in [0.05, 0.1) is 18.9 Å². The number of halogens is 2. The Kier molecular flexibility index (Phi) is 3.53. The molecule has 0 aliphatic carbocycles. The van der Waals surface area contributed by atoms with Crippen molar-refractivity contribution in [2.45, 2.75) is 13.0 Å². The van der Waals surface area contributed by atoms with Gasteiger partial charge in [-0.15, -0.1) is 0 Å². The molecule has 0 radical (unpaired) electrons. The van der Waals surface area contributed by atoms with Gasteiger partial charge in [0.2, 0.25) is 0 Å². The van der Waals surface area contributed by atoms with E-state index in [9.17, 15) is 9.18 Å². The number of tetrazole rings is 1. The maximum Gasteiger partial charge on any atom is 0.368 e. The summed E-state index contributed by atoms with van der Waals surface area (Å²) in [6.07, 6.45) is 0.249. The Morgan fingerprint density at radius 1 is 1.24 bits per heavy atom. The summed E-state index contributed by atoms with van der Waals surface area (Å²) in [6, 6.07) is 6.64. The van der Waals surface area contributed by atoms with Gasteiger partial charge >= 0.3 is 5.69 Å². The van der Waals surface area contributed by atoms with E-state index in [1.807, 2.05) is 0 Å². The molecule has 0 saturated heterocycles. The molecule has 0 atom stereocenters. The van der Waals surface area contributed by atoms with Crippen LogP contribution < -0.4 is 5.69 Å². The smallest absolute Gasteiger partial charge is 0.251 e. The third kappa shape index (κ3) is 2.52. The van der Waals surface area contributed by atoms with Crippen LogP contribution in [0.1, 0.15) is 6.42 Å². The molecule has 0 fully saturated rings. The van der Waals surface area contributed by atoms with Crippen LogP contribution in [0.2, 0.25) is 5.02 Å². The van der Waals surface area contributed by atoms with Gasteiger partial charge < -0.3 is 0 Å². The summed E-state index contributed by atoms with van der Waals surface area (Å²) in [7, 11) is 0. The highest BCUT2D eigenvalue weighted by Gasteiger charge is 2.07. The van der Waals surface area contributed by atoms with Crippen LogP contribution in [-0.4, -0.2) is 26.5 Å². The van der Waals surface area contributed by atoms with Gasteiger partial charge in [0.1, 0.15) is 0 Å². The molecule has 0 aliphatic heterocycles. The highest BCUT2D eigenvalue weighted by atomic mass is 35.5. The maximum atomic E-state index is 12.0. The lowest BCUT2D eigenvalue weighted by Crippen LogP contribution is -2.24. The average Bonchev–Trinajstić information content (AvgIpc) is 2.69. The van der Waals surface area contributed by atoms with Crippen molar-refractivity contribution in [3.8, 4) is 5.69 Å². The van der Waals surface area contributed by atoms with Crippen LogP contribution in [-0.2, 0) is 6.54 Å². The summed E-state index contributed by atoms with van der Waals surface area (Å²) in [5.74, 6) is 0. The molecule has 2 aromatic rings. The SMILES string of the molecule is O=c1n(CCCF)nnn1-c1ccc(Cl)cc1. The van der Waals surface area contributed by atoms with Gasteiger partial charge in [0.25, 0.3) is 0 Å². The van der Waals surface area contributed by atoms with Crippen LogP contribution in [0.25, 0.3) is 5.69 Å². The fraction of sp³-hybridized carbons (Fsp3) is 0.300. The predicted octanol–water partition coefficient (Wildman–Crippen LogP) is 1.44. The van der Waals surface area contributed by atoms with Crippen molar-refractivity contribution in [3.05, 3.63) is 39.8 Å². The normalized spacial score (nSPS) is 10.7. The van der Waals surface area contributed by atoms with E-state index in [2.05, 4.69) is 10.4 Å². The molecule has 90 valence electrons. The largest absolute Gasteiger partial charge is 0.368 e. The first-order chi connectivity index (χ1) is 8.22. The lowest BCUT2D eigenvalue weighted by Gasteiger charge is -1.97. The number of alkyl halides is 1. The zero-order valence-corrected chi connectivity index (χ0v) is 9.64. The Morgan fingerprint density at radius 3 is 2.59 bits per heavy atom. The molecule has 2 rings (SSSR count). The van der Waals surface area contributed by atoms with Crippen molar-refractivity contribution in [1.82, 2.24) is 19.8 Å². The summed E-state index contributed by atoms with van der Waals surface area (Å²) >= 11 is 5.74. The molecule has 0 saturated carbocycles. The zero-order valence-electron chi connectivity index (χ0n) is 8.88. The molecule has 7 heteroatoms. The minimum Gasteiger partial charge on any atom is -0.251 e. The van der Waals surface area contributed by atoms with Gasteiger partial charge in [0.15, 0.2) is 0 Å². The number of hydrogen-bond acceptors (Lipinski definition) is 3. The highest BCUT2D eigenvalue weighted by molar-refractivity contribution is 6.30. The Balaban J connectivity index is 2.31. The Hall–Kier alpha value is -1.69. The molecule has 1 heterocycles. The molecule has 0 unspecified atom stereocenters. The first-order valence-corrected chi connectivity index (χ1v) is 5.45. The summed E-state index contributed by atoms with van der Waals surface area (Å²) in [6.45, 7) is -0.261. The van der Waals surface area contributed by atoms with Crippen molar-refractivity contribution in [3.63, 3.8) is 0 Å². The number of hydrogen-bond donors (Lipinski definition) is 0. The molecular weight excluding hydrogens is 247 g/mol. The number of rotatable bonds is 4. The van der Waals surface area contributed by atoms with Crippen molar-refractivity contribution in [1.29, 1.82) is 0 Å². The van der Waals surface area contributed by atoms with E-state index in [4.69, 9.17) is 11.6 Å². The van der Waals surface area contributed by atoms with Crippen LogP contribution in [0.15, 0.2) is 29.1 Å². The Morgan fingerprint density at radius 2 is 1.94 bits per heavy atom. The second kappa shape index (κ2) is 5.09. The Bertz CT molecular complexity index is 548. The second-order valence-corrected chi connectivity index (χ2v) is 3.85. The van der Waals surface area contributed by atoms with Crippen LogP contribution in [0, 0.1) is 0 Å². The second-order valence-electron chi connectivity index (χ2n) is 3.42. The molecule has 0 amide bonds. The summed E-state index contributed by atoms with van der Waals surface area (Å²) in [5.41, 5.74) is 0.187. The molecule has 0 spiro atoms. The molecule has 1 aromatic heterocycles. The third-order valence-corrected chi connectivity index (χ3v) is 2.47. The first-order valence-electron chi connectivity index (χ1n) is 5.07. The van der Waals surface area contributed by atoms with Gasteiger partial charge in [-0.2, -0.15) is 9.36 Å². The average molecular weight is 257 g/mol. The number of aryl methyl sites for hydroxylation is 1. The van der Waals surface area contributed by atoms with Crippen molar-refractivity contribution < 1.29 is 4.39 Å². The number of nitrogens with zero attached hydrogens (tertiary/aromatic N) is 4. The quantitative estimate of drug-likeness (QED) is 0.832. The van der Waals surface area contributed by atoms with Crippen molar-refractivity contribution >= 4 is 11.6 Å². The fourth-order valence-corrected chi connectivity index (χ4v) is 1.49. The van der Waals surface area contributed by atoms with E-state index in [1.165, 1.54) is 0 Å². The van der Waals surface area contributed by atoms with E-state index in [0.717, 1.165) is 9.36 Å². The molecule has 0 N–H and O–H groups in total. The van der Waals surface area contributed by atoms with Gasteiger partial charge in [-0.3, -0.25) is 4.39 Å². The van der Waals surface area contributed by atoms with Crippen LogP contribution in [0.3, 0.4) is 0 Å². The summed E-state index contributed by atoms with van der Waals surface area (Å²) in [4.78, 5) is 11.8. The summed E-state index contributed by atoms with van der Waals surface area (Å²) < 4.78 is 14.3. The minimum absolute atomic E-state index is 0.225. The zero-order chi connectivity index (χ0) is 12.3. The first kappa shape index (κ1) is 11.8. The van der Waals surface area contributed by atoms with Gasteiger partial charge in [-0.1, -0.05) is 11.6 Å². The topological polar surface area (TPSA) is 52.7 Å². The molecule has 17 heavy (non-hydrogen) atoms. The molecule has 1 aromatic carbocycles. The summed E-state index contributed by atoms with van der Waals surface area (Å²) in [5, 5.41) is 7.97. The fourth-order valence-electron chi connectivity index (χ4n) is 1.37. The molecule has 0 aliphatic rings. The van der Waals surface area contributed by atoms with Gasteiger partial charge in [0, 0.05) is 5.02 Å². The van der Waals surface area contributed by atoms with E-state index in [0.29, 0.717) is 10.7 Å². The van der Waals surface area contributed by atoms with Gasteiger partial charge in [-0.05, 0) is 41.1 Å². The monoisotopic (exact) mass is 256 g/mol. The lowest BCUT2D eigenvalue weighted by molar-refractivity contribution is 0.427. The molecular formula is C10H10ClFN4O. The van der Waals surface area contributed by atoms with Gasteiger partial charge in [-0.25, -0.2) is 4.79 Å². The standard InChI is InChI=1S/C10H10ClFN4O/c11-8-2-4-9(5-3-8)16-10(17)15(13-14-16)7-1-6-12/h2-5H,1,6-7H2. The van der Waals surface area contributed by atoms with Crippen LogP contribution >= 0.6 is 11.6 Å². The lowest BCUT2D eigenvalue weighted by atomic mass is 10.3. The highest BCUT2D eigenvalue weighted by Crippen LogP contribution is 2.10. The van der Waals surface area contributed by atoms with Crippen molar-refractivity contribution in [2.24, 2.45) is 0 Å². The Labute approximate surface area is 101 Å². The maximum absolute atomic E-state index is 12.0. The predicted molar refractivity (Wildman–Crippen MR) is 61.2 cm³/mol. The number of aromatic nitrogens is 4. The van der Waals surface area contributed by atoms with E-state index in [-0.39, 0.29) is 18.7 Å². The molecule has 5 nitrogen and oxygen atoms in total. The minimum atomic E-state index is -0.486. The molecule has 0 bridgehead atoms. The van der Waals surface area contributed by atoms with E-state index >= 15 is 0 Å². The van der Waals surface area contributed by atoms with Crippen LogP contribution in [0.5, 0.6) is 0 Å². The third-order valence-electron chi connectivity index (χ3n) is 2.21. The van der Waals surface area contributed by atoms with E-state index in [1.54, 1.807) is 24.3 Å². The van der Waals surface area contributed by atoms with Crippen LogP contribution in [0.4, 0.5) is 4.39 Å². The van der Waals surface area contributed by atoms with Crippen molar-refractivity contribution in [2.75, 3.05) is 6.67 Å².